The van der Waals surface area contributed by atoms with Crippen LogP contribution in [0.3, 0.4) is 0 Å². The van der Waals surface area contributed by atoms with Crippen LogP contribution in [0, 0.1) is 0 Å². The molecule has 12 nitrogen and oxygen atoms in total. The van der Waals surface area contributed by atoms with Gasteiger partial charge in [0.2, 0.25) is 12.7 Å². The number of tetrazole rings is 1. The Bertz CT molecular complexity index is 980. The van der Waals surface area contributed by atoms with Crippen LogP contribution in [0.5, 0.6) is 11.5 Å². The summed E-state index contributed by atoms with van der Waals surface area (Å²) in [7, 11) is 0. The summed E-state index contributed by atoms with van der Waals surface area (Å²) >= 11 is 0. The lowest BCUT2D eigenvalue weighted by Gasteiger charge is -2.18. The Hall–Kier alpha value is -3.25. The molecule has 1 aromatic carbocycles. The molecular weight excluding hydrogens is 398 g/mol. The van der Waals surface area contributed by atoms with E-state index < -0.39 is 5.97 Å². The molecule has 3 aliphatic rings. The molecule has 0 radical (unpaired) electrons. The highest BCUT2D eigenvalue weighted by Gasteiger charge is 2.50. The first-order valence-electron chi connectivity index (χ1n) is 9.52. The Labute approximate surface area is 170 Å². The van der Waals surface area contributed by atoms with Gasteiger partial charge in [-0.15, -0.1) is 5.10 Å². The Morgan fingerprint density at radius 3 is 2.83 bits per heavy atom. The number of nitrogens with one attached hydrogen (secondary N) is 1. The molecule has 2 saturated heterocycles. The van der Waals surface area contributed by atoms with E-state index in [0.29, 0.717) is 23.9 Å². The number of aromatic nitrogens is 4. The summed E-state index contributed by atoms with van der Waals surface area (Å²) in [5.74, 6) is 0.478. The SMILES string of the molecule is O=C(O)CCC(=O)N[C@H]1CO[C@H]2[C@@H]1OC[C@@H]2n1nnnc1-c1ccc2c(c1)OCO2. The standard InChI is InChI=1S/C18H19N5O7/c24-14(3-4-15(25)26)19-10-6-27-17-11(7-28-16(10)17)23-18(20-21-22-23)9-1-2-12-13(5-9)30-8-29-12/h1-2,5,10-11,16-17H,3-4,6-8H2,(H,19,24)(H,25,26)/t10-,11-,16+,17+/m0/s1. The van der Waals surface area contributed by atoms with Crippen LogP contribution in [0.1, 0.15) is 18.9 Å². The monoisotopic (exact) mass is 417 g/mol. The second kappa shape index (κ2) is 7.54. The van der Waals surface area contributed by atoms with Gasteiger partial charge in [-0.3, -0.25) is 9.59 Å². The van der Waals surface area contributed by atoms with Crippen LogP contribution in [0.25, 0.3) is 11.4 Å². The van der Waals surface area contributed by atoms with Gasteiger partial charge in [0.05, 0.1) is 25.7 Å². The number of carbonyl (C=O) groups is 2. The van der Waals surface area contributed by atoms with Gasteiger partial charge in [0.25, 0.3) is 0 Å². The van der Waals surface area contributed by atoms with Gasteiger partial charge in [0, 0.05) is 12.0 Å². The molecule has 3 aliphatic heterocycles. The number of fused-ring (bicyclic) bond motifs is 2. The van der Waals surface area contributed by atoms with Crippen LogP contribution >= 0.6 is 0 Å². The van der Waals surface area contributed by atoms with Crippen molar-refractivity contribution >= 4 is 11.9 Å². The molecule has 2 N–H and O–H groups in total. The highest BCUT2D eigenvalue weighted by molar-refractivity contribution is 5.80. The van der Waals surface area contributed by atoms with Crippen molar-refractivity contribution in [3.8, 4) is 22.9 Å². The van der Waals surface area contributed by atoms with Crippen molar-refractivity contribution in [2.24, 2.45) is 0 Å². The van der Waals surface area contributed by atoms with Crippen molar-refractivity contribution < 1.29 is 33.6 Å². The van der Waals surface area contributed by atoms with Crippen molar-refractivity contribution in [2.45, 2.75) is 37.1 Å². The normalized spacial score (nSPS) is 26.5. The maximum absolute atomic E-state index is 12.0. The molecule has 2 fully saturated rings. The van der Waals surface area contributed by atoms with E-state index in [2.05, 4.69) is 20.8 Å². The fourth-order valence-corrected chi connectivity index (χ4v) is 3.95. The summed E-state index contributed by atoms with van der Waals surface area (Å²) in [6, 6.07) is 4.85. The first-order valence-corrected chi connectivity index (χ1v) is 9.52. The van der Waals surface area contributed by atoms with E-state index in [1.165, 1.54) is 0 Å². The van der Waals surface area contributed by atoms with Crippen LogP contribution < -0.4 is 14.8 Å². The molecule has 30 heavy (non-hydrogen) atoms. The minimum Gasteiger partial charge on any atom is -0.481 e. The van der Waals surface area contributed by atoms with Gasteiger partial charge in [-0.1, -0.05) is 0 Å². The van der Waals surface area contributed by atoms with Crippen molar-refractivity contribution in [2.75, 3.05) is 20.0 Å². The van der Waals surface area contributed by atoms with Crippen LogP contribution in [0.2, 0.25) is 0 Å². The molecule has 0 saturated carbocycles. The largest absolute Gasteiger partial charge is 0.481 e. The van der Waals surface area contributed by atoms with Gasteiger partial charge in [-0.25, -0.2) is 4.68 Å². The molecule has 5 rings (SSSR count). The smallest absolute Gasteiger partial charge is 0.303 e. The van der Waals surface area contributed by atoms with E-state index in [4.69, 9.17) is 24.1 Å². The van der Waals surface area contributed by atoms with E-state index in [-0.39, 0.29) is 56.4 Å². The highest BCUT2D eigenvalue weighted by atomic mass is 16.7. The predicted octanol–water partition coefficient (Wildman–Crippen LogP) is -0.243. The molecule has 0 aliphatic carbocycles. The Morgan fingerprint density at radius 2 is 1.97 bits per heavy atom. The van der Waals surface area contributed by atoms with Crippen molar-refractivity contribution in [1.29, 1.82) is 0 Å². The fraction of sp³-hybridized carbons (Fsp3) is 0.500. The number of carboxylic acids is 1. The molecule has 4 heterocycles. The zero-order valence-electron chi connectivity index (χ0n) is 15.8. The minimum atomic E-state index is -1.02. The summed E-state index contributed by atoms with van der Waals surface area (Å²) < 4.78 is 24.2. The van der Waals surface area contributed by atoms with E-state index in [0.717, 1.165) is 5.56 Å². The van der Waals surface area contributed by atoms with E-state index in [9.17, 15) is 9.59 Å². The van der Waals surface area contributed by atoms with Crippen LogP contribution in [-0.2, 0) is 19.1 Å². The second-order valence-electron chi connectivity index (χ2n) is 7.25. The maximum atomic E-state index is 12.0. The zero-order chi connectivity index (χ0) is 20.7. The number of hydrogen-bond donors (Lipinski definition) is 2. The third kappa shape index (κ3) is 3.33. The number of ether oxygens (including phenoxy) is 4. The van der Waals surface area contributed by atoms with Gasteiger partial charge in [0.1, 0.15) is 18.2 Å². The van der Waals surface area contributed by atoms with Crippen LogP contribution in [0.15, 0.2) is 18.2 Å². The van der Waals surface area contributed by atoms with Crippen molar-refractivity contribution in [3.63, 3.8) is 0 Å². The molecule has 0 unspecified atom stereocenters. The number of carbonyl (C=O) groups excluding carboxylic acids is 1. The number of rotatable bonds is 6. The molecule has 0 spiro atoms. The fourth-order valence-electron chi connectivity index (χ4n) is 3.95. The molecule has 4 atom stereocenters. The molecule has 158 valence electrons. The van der Waals surface area contributed by atoms with E-state index in [1.54, 1.807) is 10.7 Å². The van der Waals surface area contributed by atoms with Gasteiger partial charge in [-0.2, -0.15) is 0 Å². The summed E-state index contributed by atoms with van der Waals surface area (Å²) in [6.45, 7) is 0.767. The molecule has 2 aromatic rings. The zero-order valence-corrected chi connectivity index (χ0v) is 15.8. The number of benzene rings is 1. The number of hydrogen-bond acceptors (Lipinski definition) is 9. The highest BCUT2D eigenvalue weighted by Crippen LogP contribution is 2.38. The molecule has 12 heteroatoms. The predicted molar refractivity (Wildman–Crippen MR) is 96.7 cm³/mol. The molecular formula is C18H19N5O7. The second-order valence-corrected chi connectivity index (χ2v) is 7.25. The van der Waals surface area contributed by atoms with Gasteiger partial charge >= 0.3 is 5.97 Å². The minimum absolute atomic E-state index is 0.0894. The van der Waals surface area contributed by atoms with Gasteiger partial charge in [-0.05, 0) is 28.6 Å². The number of carboxylic acid groups (broad SMARTS) is 1. The molecule has 1 amide bonds. The van der Waals surface area contributed by atoms with E-state index in [1.807, 2.05) is 12.1 Å². The lowest BCUT2D eigenvalue weighted by molar-refractivity contribution is -0.139. The van der Waals surface area contributed by atoms with Crippen molar-refractivity contribution in [3.05, 3.63) is 18.2 Å². The third-order valence-corrected chi connectivity index (χ3v) is 5.38. The quantitative estimate of drug-likeness (QED) is 0.645. The summed E-state index contributed by atoms with van der Waals surface area (Å²) in [4.78, 5) is 22.6. The number of nitrogens with zero attached hydrogens (tertiary/aromatic N) is 4. The summed E-state index contributed by atoms with van der Waals surface area (Å²) in [5.41, 5.74) is 0.768. The first kappa shape index (κ1) is 18.8. The molecule has 0 bridgehead atoms. The average molecular weight is 417 g/mol. The average Bonchev–Trinajstić information content (AvgIpc) is 3.50. The number of amides is 1. The lowest BCUT2D eigenvalue weighted by atomic mass is 10.1. The summed E-state index contributed by atoms with van der Waals surface area (Å²) in [5, 5.41) is 23.6. The van der Waals surface area contributed by atoms with Gasteiger partial charge in [0.15, 0.2) is 17.3 Å². The topological polar surface area (TPSA) is 147 Å². The van der Waals surface area contributed by atoms with Crippen LogP contribution in [-0.4, -0.2) is 75.4 Å². The number of aliphatic carboxylic acids is 1. The molecule has 1 aromatic heterocycles. The lowest BCUT2D eigenvalue weighted by Crippen LogP contribution is -2.44. The first-order chi connectivity index (χ1) is 14.6. The Kier molecular flexibility index (Phi) is 4.71. The van der Waals surface area contributed by atoms with Crippen LogP contribution in [0.4, 0.5) is 0 Å². The Morgan fingerprint density at radius 1 is 1.13 bits per heavy atom. The summed E-state index contributed by atoms with van der Waals surface area (Å²) in [6.07, 6.45) is -1.02. The van der Waals surface area contributed by atoms with Gasteiger partial charge < -0.3 is 29.4 Å². The maximum Gasteiger partial charge on any atom is 0.303 e. The third-order valence-electron chi connectivity index (χ3n) is 5.38. The van der Waals surface area contributed by atoms with E-state index >= 15 is 0 Å². The Balaban J connectivity index is 1.30. The van der Waals surface area contributed by atoms with Crippen molar-refractivity contribution in [1.82, 2.24) is 25.5 Å².